The van der Waals surface area contributed by atoms with Crippen molar-refractivity contribution in [2.45, 2.75) is 71.8 Å². The van der Waals surface area contributed by atoms with Gasteiger partial charge in [0.15, 0.2) is 0 Å². The second-order valence-electron chi connectivity index (χ2n) is 6.79. The van der Waals surface area contributed by atoms with E-state index in [1.807, 2.05) is 0 Å². The Kier molecular flexibility index (Phi) is 3.63. The van der Waals surface area contributed by atoms with Crippen LogP contribution < -0.4 is 0 Å². The minimum Gasteiger partial charge on any atom is -0.393 e. The van der Waals surface area contributed by atoms with E-state index in [9.17, 15) is 5.11 Å². The molecule has 1 heteroatoms. The summed E-state index contributed by atoms with van der Waals surface area (Å²) < 4.78 is 0. The summed E-state index contributed by atoms with van der Waals surface area (Å²) >= 11 is 0. The van der Waals surface area contributed by atoms with Gasteiger partial charge in [-0.05, 0) is 42.4 Å². The minimum absolute atomic E-state index is 0.00475. The van der Waals surface area contributed by atoms with Crippen molar-refractivity contribution in [2.75, 3.05) is 0 Å². The molecule has 2 fully saturated rings. The van der Waals surface area contributed by atoms with Crippen LogP contribution in [0.2, 0.25) is 0 Å². The van der Waals surface area contributed by atoms with Crippen LogP contribution in [-0.4, -0.2) is 11.2 Å². The van der Waals surface area contributed by atoms with Crippen molar-refractivity contribution >= 4 is 0 Å². The lowest BCUT2D eigenvalue weighted by Crippen LogP contribution is -2.42. The predicted molar refractivity (Wildman–Crippen MR) is 68.3 cm³/mol. The third-order valence-corrected chi connectivity index (χ3v) is 5.59. The first-order chi connectivity index (χ1) is 7.54. The smallest absolute Gasteiger partial charge is 0.0573 e. The van der Waals surface area contributed by atoms with Crippen LogP contribution in [0.25, 0.3) is 0 Å². The predicted octanol–water partition coefficient (Wildman–Crippen LogP) is 4.00. The molecule has 0 aliphatic heterocycles. The van der Waals surface area contributed by atoms with Gasteiger partial charge in [0.1, 0.15) is 0 Å². The molecule has 2 aliphatic carbocycles. The van der Waals surface area contributed by atoms with Gasteiger partial charge in [-0.15, -0.1) is 0 Å². The standard InChI is InChI=1S/C15H28O/c1-4-15(2,3)12-9-11-7-5-6-8-13(11)14(16)10-12/h11-14,16H,4-10H2,1-3H3. The molecule has 2 aliphatic rings. The number of hydrogen-bond acceptors (Lipinski definition) is 1. The fourth-order valence-electron chi connectivity index (χ4n) is 3.89. The van der Waals surface area contributed by atoms with Crippen molar-refractivity contribution in [3.8, 4) is 0 Å². The van der Waals surface area contributed by atoms with Gasteiger partial charge < -0.3 is 5.11 Å². The molecule has 0 bridgehead atoms. The summed E-state index contributed by atoms with van der Waals surface area (Å²) in [5.74, 6) is 2.21. The zero-order valence-corrected chi connectivity index (χ0v) is 11.2. The minimum atomic E-state index is -0.00475. The Morgan fingerprint density at radius 1 is 1.12 bits per heavy atom. The van der Waals surface area contributed by atoms with E-state index in [1.54, 1.807) is 0 Å². The van der Waals surface area contributed by atoms with E-state index in [0.29, 0.717) is 11.3 Å². The molecule has 4 unspecified atom stereocenters. The van der Waals surface area contributed by atoms with Crippen molar-refractivity contribution < 1.29 is 5.11 Å². The summed E-state index contributed by atoms with van der Waals surface area (Å²) in [5, 5.41) is 10.3. The fourth-order valence-corrected chi connectivity index (χ4v) is 3.89. The van der Waals surface area contributed by atoms with E-state index in [2.05, 4.69) is 20.8 Å². The number of hydrogen-bond donors (Lipinski definition) is 1. The lowest BCUT2D eigenvalue weighted by atomic mass is 9.60. The van der Waals surface area contributed by atoms with Crippen LogP contribution in [0.1, 0.15) is 65.7 Å². The van der Waals surface area contributed by atoms with Crippen molar-refractivity contribution in [3.05, 3.63) is 0 Å². The number of fused-ring (bicyclic) bond motifs is 1. The molecule has 2 saturated carbocycles. The molecule has 94 valence electrons. The lowest BCUT2D eigenvalue weighted by Gasteiger charge is -2.47. The highest BCUT2D eigenvalue weighted by molar-refractivity contribution is 4.92. The maximum absolute atomic E-state index is 10.3. The van der Waals surface area contributed by atoms with E-state index in [1.165, 1.54) is 38.5 Å². The molecule has 4 atom stereocenters. The molecule has 0 aromatic heterocycles. The Morgan fingerprint density at radius 2 is 1.81 bits per heavy atom. The van der Waals surface area contributed by atoms with Gasteiger partial charge in [0.2, 0.25) is 0 Å². The van der Waals surface area contributed by atoms with Gasteiger partial charge in [0, 0.05) is 0 Å². The van der Waals surface area contributed by atoms with E-state index in [-0.39, 0.29) is 6.10 Å². The third-order valence-electron chi connectivity index (χ3n) is 5.59. The summed E-state index contributed by atoms with van der Waals surface area (Å²) in [5.41, 5.74) is 0.420. The summed E-state index contributed by atoms with van der Waals surface area (Å²) in [6.07, 6.45) is 9.07. The van der Waals surface area contributed by atoms with Gasteiger partial charge in [-0.25, -0.2) is 0 Å². The van der Waals surface area contributed by atoms with Crippen molar-refractivity contribution in [3.63, 3.8) is 0 Å². The highest BCUT2D eigenvalue weighted by Gasteiger charge is 2.42. The van der Waals surface area contributed by atoms with Crippen LogP contribution in [0, 0.1) is 23.2 Å². The fraction of sp³-hybridized carbons (Fsp3) is 1.00. The second kappa shape index (κ2) is 4.68. The first kappa shape index (κ1) is 12.4. The molecular weight excluding hydrogens is 196 g/mol. The number of rotatable bonds is 2. The highest BCUT2D eigenvalue weighted by atomic mass is 16.3. The second-order valence-corrected chi connectivity index (χ2v) is 6.79. The van der Waals surface area contributed by atoms with E-state index in [4.69, 9.17) is 0 Å². The summed E-state index contributed by atoms with van der Waals surface area (Å²) in [7, 11) is 0. The molecule has 1 N–H and O–H groups in total. The monoisotopic (exact) mass is 224 g/mol. The van der Waals surface area contributed by atoms with Gasteiger partial charge >= 0.3 is 0 Å². The summed E-state index contributed by atoms with van der Waals surface area (Å²) in [6.45, 7) is 7.06. The van der Waals surface area contributed by atoms with Crippen LogP contribution in [-0.2, 0) is 0 Å². The molecule has 0 amide bonds. The van der Waals surface area contributed by atoms with Crippen LogP contribution in [0.5, 0.6) is 0 Å². The zero-order chi connectivity index (χ0) is 11.8. The Morgan fingerprint density at radius 3 is 2.50 bits per heavy atom. The first-order valence-corrected chi connectivity index (χ1v) is 7.22. The van der Waals surface area contributed by atoms with Crippen LogP contribution in [0.3, 0.4) is 0 Å². The number of aliphatic hydroxyl groups is 1. The summed E-state index contributed by atoms with van der Waals surface area (Å²) in [6, 6.07) is 0. The Hall–Kier alpha value is -0.0400. The first-order valence-electron chi connectivity index (χ1n) is 7.22. The topological polar surface area (TPSA) is 20.2 Å². The molecule has 0 heterocycles. The van der Waals surface area contributed by atoms with Crippen LogP contribution in [0.4, 0.5) is 0 Å². The highest BCUT2D eigenvalue weighted by Crippen LogP contribution is 2.48. The largest absolute Gasteiger partial charge is 0.393 e. The lowest BCUT2D eigenvalue weighted by molar-refractivity contribution is -0.0431. The molecular formula is C15H28O. The Labute approximate surface area is 101 Å². The molecule has 0 radical (unpaired) electrons. The maximum Gasteiger partial charge on any atom is 0.0573 e. The Bertz CT molecular complexity index is 234. The van der Waals surface area contributed by atoms with Crippen LogP contribution >= 0.6 is 0 Å². The SMILES string of the molecule is CCC(C)(C)C1CC(O)C2CCCCC2C1. The Balaban J connectivity index is 2.05. The van der Waals surface area contributed by atoms with Crippen molar-refractivity contribution in [2.24, 2.45) is 23.2 Å². The van der Waals surface area contributed by atoms with Gasteiger partial charge in [-0.2, -0.15) is 0 Å². The van der Waals surface area contributed by atoms with Crippen molar-refractivity contribution in [1.82, 2.24) is 0 Å². The normalized spacial score (nSPS) is 40.5. The molecule has 0 aromatic rings. The van der Waals surface area contributed by atoms with E-state index >= 15 is 0 Å². The molecule has 2 rings (SSSR count). The van der Waals surface area contributed by atoms with E-state index in [0.717, 1.165) is 18.3 Å². The molecule has 16 heavy (non-hydrogen) atoms. The quantitative estimate of drug-likeness (QED) is 0.751. The molecule has 0 aromatic carbocycles. The molecule has 1 nitrogen and oxygen atoms in total. The average Bonchev–Trinajstić information content (AvgIpc) is 2.29. The average molecular weight is 224 g/mol. The van der Waals surface area contributed by atoms with E-state index < -0.39 is 0 Å². The summed E-state index contributed by atoms with van der Waals surface area (Å²) in [4.78, 5) is 0. The molecule has 0 saturated heterocycles. The van der Waals surface area contributed by atoms with Crippen LogP contribution in [0.15, 0.2) is 0 Å². The van der Waals surface area contributed by atoms with Gasteiger partial charge in [0.25, 0.3) is 0 Å². The molecule has 0 spiro atoms. The van der Waals surface area contributed by atoms with Gasteiger partial charge in [-0.3, -0.25) is 0 Å². The van der Waals surface area contributed by atoms with Gasteiger partial charge in [-0.1, -0.05) is 46.5 Å². The maximum atomic E-state index is 10.3. The van der Waals surface area contributed by atoms with Gasteiger partial charge in [0.05, 0.1) is 6.10 Å². The van der Waals surface area contributed by atoms with Crippen molar-refractivity contribution in [1.29, 1.82) is 0 Å². The third kappa shape index (κ3) is 2.30. The number of aliphatic hydroxyl groups excluding tert-OH is 1. The zero-order valence-electron chi connectivity index (χ0n) is 11.2.